The second-order valence-electron chi connectivity index (χ2n) is 8.43. The van der Waals surface area contributed by atoms with Gasteiger partial charge >= 0.3 is 6.18 Å². The molecule has 2 fully saturated rings. The van der Waals surface area contributed by atoms with Crippen molar-refractivity contribution in [3.05, 3.63) is 59.8 Å². The lowest BCUT2D eigenvalue weighted by Gasteiger charge is -2.36. The molecule has 9 heteroatoms. The third kappa shape index (κ3) is 6.45. The summed E-state index contributed by atoms with van der Waals surface area (Å²) in [5.74, 6) is 0.540. The van der Waals surface area contributed by atoms with Crippen LogP contribution in [0.25, 0.3) is 0 Å². The van der Waals surface area contributed by atoms with Crippen molar-refractivity contribution in [3.63, 3.8) is 0 Å². The smallest absolute Gasteiger partial charge is 0.374 e. The Bertz CT molecular complexity index is 901. The first-order valence-electron chi connectivity index (χ1n) is 11.2. The van der Waals surface area contributed by atoms with E-state index in [-0.39, 0.29) is 18.1 Å². The van der Waals surface area contributed by atoms with Crippen molar-refractivity contribution in [2.75, 3.05) is 37.7 Å². The molecular formula is C24H28F3N3O3. The van der Waals surface area contributed by atoms with Gasteiger partial charge in [0.2, 0.25) is 5.91 Å². The number of anilines is 1. The molecule has 1 amide bonds. The number of rotatable bonds is 7. The van der Waals surface area contributed by atoms with Crippen LogP contribution in [0.1, 0.15) is 30.4 Å². The molecule has 3 heterocycles. The highest BCUT2D eigenvalue weighted by molar-refractivity contribution is 5.77. The number of hydrogen-bond acceptors (Lipinski definition) is 5. The Morgan fingerprint density at radius 2 is 1.76 bits per heavy atom. The van der Waals surface area contributed by atoms with Crippen molar-refractivity contribution in [1.82, 2.24) is 9.88 Å². The molecule has 2 aliphatic heterocycles. The van der Waals surface area contributed by atoms with E-state index in [1.165, 1.54) is 6.07 Å². The van der Waals surface area contributed by atoms with Crippen LogP contribution in [0.3, 0.4) is 0 Å². The van der Waals surface area contributed by atoms with Crippen LogP contribution < -0.4 is 4.90 Å². The van der Waals surface area contributed by atoms with Crippen LogP contribution in [0.5, 0.6) is 0 Å². The zero-order valence-electron chi connectivity index (χ0n) is 18.3. The summed E-state index contributed by atoms with van der Waals surface area (Å²) >= 11 is 0. The maximum atomic E-state index is 12.7. The van der Waals surface area contributed by atoms with Crippen LogP contribution in [0, 0.1) is 0 Å². The van der Waals surface area contributed by atoms with Gasteiger partial charge in [0.1, 0.15) is 5.82 Å². The van der Waals surface area contributed by atoms with Gasteiger partial charge in [0.15, 0.2) is 0 Å². The summed E-state index contributed by atoms with van der Waals surface area (Å²) in [4.78, 5) is 20.4. The number of aromatic nitrogens is 1. The van der Waals surface area contributed by atoms with Crippen molar-refractivity contribution in [1.29, 1.82) is 0 Å². The highest BCUT2D eigenvalue weighted by Crippen LogP contribution is 2.29. The number of benzene rings is 1. The fourth-order valence-electron chi connectivity index (χ4n) is 4.18. The van der Waals surface area contributed by atoms with Gasteiger partial charge in [-0.3, -0.25) is 4.79 Å². The molecule has 2 aromatic rings. The summed E-state index contributed by atoms with van der Waals surface area (Å²) in [6.07, 6.45) is -1.59. The Labute approximate surface area is 191 Å². The lowest BCUT2D eigenvalue weighted by molar-refractivity contribution is -0.138. The number of pyridine rings is 1. The van der Waals surface area contributed by atoms with Crippen molar-refractivity contribution in [3.8, 4) is 0 Å². The van der Waals surface area contributed by atoms with Gasteiger partial charge in [-0.1, -0.05) is 30.3 Å². The topological polar surface area (TPSA) is 54.9 Å². The van der Waals surface area contributed by atoms with Crippen LogP contribution in [0.2, 0.25) is 0 Å². The minimum atomic E-state index is -4.40. The molecule has 2 unspecified atom stereocenters. The average Bonchev–Trinajstić information content (AvgIpc) is 3.26. The fraction of sp³-hybridized carbons (Fsp3) is 0.500. The largest absolute Gasteiger partial charge is 0.417 e. The van der Waals surface area contributed by atoms with Crippen molar-refractivity contribution >= 4 is 11.7 Å². The number of hydrogen-bond donors (Lipinski definition) is 0. The number of alkyl halides is 3. The van der Waals surface area contributed by atoms with Gasteiger partial charge in [-0.05, 0) is 30.5 Å². The Morgan fingerprint density at radius 3 is 2.42 bits per heavy atom. The predicted molar refractivity (Wildman–Crippen MR) is 117 cm³/mol. The first-order valence-corrected chi connectivity index (χ1v) is 11.2. The van der Waals surface area contributed by atoms with E-state index >= 15 is 0 Å². The van der Waals surface area contributed by atoms with E-state index < -0.39 is 11.7 Å². The zero-order chi connectivity index (χ0) is 23.3. The maximum Gasteiger partial charge on any atom is 0.417 e. The number of ether oxygens (including phenoxy) is 2. The van der Waals surface area contributed by atoms with E-state index in [0.29, 0.717) is 51.6 Å². The summed E-state index contributed by atoms with van der Waals surface area (Å²) in [5, 5.41) is 0. The molecular weight excluding hydrogens is 435 g/mol. The van der Waals surface area contributed by atoms with Gasteiger partial charge in [0.25, 0.3) is 0 Å². The van der Waals surface area contributed by atoms with Gasteiger partial charge in [-0.25, -0.2) is 4.98 Å². The molecule has 0 saturated carbocycles. The predicted octanol–water partition coefficient (Wildman–Crippen LogP) is 3.90. The van der Waals surface area contributed by atoms with E-state index in [1.54, 1.807) is 4.90 Å². The van der Waals surface area contributed by atoms with E-state index in [9.17, 15) is 18.0 Å². The fourth-order valence-corrected chi connectivity index (χ4v) is 4.18. The molecule has 2 saturated heterocycles. The first-order chi connectivity index (χ1) is 15.9. The van der Waals surface area contributed by atoms with E-state index in [0.717, 1.165) is 30.7 Å². The number of piperazine rings is 1. The second kappa shape index (κ2) is 10.5. The molecule has 1 aromatic carbocycles. The third-order valence-electron chi connectivity index (χ3n) is 6.04. The van der Waals surface area contributed by atoms with Gasteiger partial charge in [-0.2, -0.15) is 13.2 Å². The molecule has 0 bridgehead atoms. The van der Waals surface area contributed by atoms with Gasteiger partial charge < -0.3 is 19.3 Å². The van der Waals surface area contributed by atoms with Gasteiger partial charge in [0, 0.05) is 32.4 Å². The SMILES string of the molecule is O=C(CC1CCC(COCc2ccccc2)O1)N1CCN(c2ccc(C(F)(F)F)cn2)CC1. The summed E-state index contributed by atoms with van der Waals surface area (Å²) in [7, 11) is 0. The molecule has 0 aliphatic carbocycles. The minimum absolute atomic E-state index is 0.00843. The third-order valence-corrected chi connectivity index (χ3v) is 6.04. The monoisotopic (exact) mass is 463 g/mol. The molecule has 4 rings (SSSR count). The minimum Gasteiger partial charge on any atom is -0.374 e. The Morgan fingerprint density at radius 1 is 1.03 bits per heavy atom. The molecule has 0 radical (unpaired) electrons. The molecule has 0 spiro atoms. The average molecular weight is 464 g/mol. The molecule has 33 heavy (non-hydrogen) atoms. The number of amides is 1. The first kappa shape index (κ1) is 23.5. The van der Waals surface area contributed by atoms with E-state index in [4.69, 9.17) is 9.47 Å². The summed E-state index contributed by atoms with van der Waals surface area (Å²) in [6.45, 7) is 3.15. The number of carbonyl (C=O) groups is 1. The highest BCUT2D eigenvalue weighted by Gasteiger charge is 2.32. The normalized spacial score (nSPS) is 21.4. The van der Waals surface area contributed by atoms with Crippen LogP contribution in [-0.2, 0) is 27.1 Å². The van der Waals surface area contributed by atoms with Crippen molar-refractivity contribution in [2.24, 2.45) is 0 Å². The molecule has 6 nitrogen and oxygen atoms in total. The van der Waals surface area contributed by atoms with Gasteiger partial charge in [-0.15, -0.1) is 0 Å². The number of nitrogens with zero attached hydrogens (tertiary/aromatic N) is 3. The van der Waals surface area contributed by atoms with E-state index in [1.807, 2.05) is 35.2 Å². The highest BCUT2D eigenvalue weighted by atomic mass is 19.4. The van der Waals surface area contributed by atoms with Crippen LogP contribution >= 0.6 is 0 Å². The van der Waals surface area contributed by atoms with Gasteiger partial charge in [0.05, 0.1) is 37.4 Å². The molecule has 178 valence electrons. The quantitative estimate of drug-likeness (QED) is 0.624. The lowest BCUT2D eigenvalue weighted by atomic mass is 10.1. The van der Waals surface area contributed by atoms with Crippen molar-refractivity contribution in [2.45, 2.75) is 44.3 Å². The number of halogens is 3. The lowest BCUT2D eigenvalue weighted by Crippen LogP contribution is -2.49. The second-order valence-corrected chi connectivity index (χ2v) is 8.43. The summed E-state index contributed by atoms with van der Waals surface area (Å²) < 4.78 is 49.9. The molecule has 2 atom stereocenters. The summed E-state index contributed by atoms with van der Waals surface area (Å²) in [6, 6.07) is 12.4. The Hall–Kier alpha value is -2.65. The van der Waals surface area contributed by atoms with Crippen molar-refractivity contribution < 1.29 is 27.4 Å². The van der Waals surface area contributed by atoms with E-state index in [2.05, 4.69) is 4.98 Å². The standard InChI is InChI=1S/C24H28F3N3O3/c25-24(26,27)19-6-9-22(28-15-19)29-10-12-30(13-11-29)23(31)14-20-7-8-21(33-20)17-32-16-18-4-2-1-3-5-18/h1-6,9,15,20-21H,7-8,10-14,16-17H2. The maximum absolute atomic E-state index is 12.7. The number of carbonyl (C=O) groups excluding carboxylic acids is 1. The Kier molecular flexibility index (Phi) is 7.49. The van der Waals surface area contributed by atoms with Crippen LogP contribution in [-0.4, -0.2) is 60.8 Å². The zero-order valence-corrected chi connectivity index (χ0v) is 18.3. The van der Waals surface area contributed by atoms with Crippen LogP contribution in [0.4, 0.5) is 19.0 Å². The Balaban J connectivity index is 1.17. The molecule has 1 aromatic heterocycles. The molecule has 2 aliphatic rings. The van der Waals surface area contributed by atoms with Crippen LogP contribution in [0.15, 0.2) is 48.7 Å². The molecule has 0 N–H and O–H groups in total. The summed E-state index contributed by atoms with van der Waals surface area (Å²) in [5.41, 5.74) is 0.355.